The number of hydrogen-bond acceptors (Lipinski definition) is 4. The van der Waals surface area contributed by atoms with E-state index >= 15 is 0 Å². The van der Waals surface area contributed by atoms with Crippen LogP contribution in [0.5, 0.6) is 0 Å². The molecule has 0 saturated heterocycles. The number of rotatable bonds is 4. The molecule has 4 heterocycles. The number of carbonyl (C=O) groups excluding carboxylic acids is 1. The first kappa shape index (κ1) is 15.4. The lowest BCUT2D eigenvalue weighted by atomic mass is 10.2. The monoisotopic (exact) mass is 339 g/mol. The van der Waals surface area contributed by atoms with Crippen LogP contribution in [-0.4, -0.2) is 47.8 Å². The predicted molar refractivity (Wildman–Crippen MR) is 88.1 cm³/mol. The molecule has 0 aromatic carbocycles. The number of nitrogens with zero attached hydrogens (tertiary/aromatic N) is 5. The SMILES string of the molecule is O=C(O)CCc1cc2n(n1)CCN(C(=O)c1cccc3ccnn13)C2. The Hall–Kier alpha value is -3.16. The van der Waals surface area contributed by atoms with Gasteiger partial charge in [0.15, 0.2) is 0 Å². The van der Waals surface area contributed by atoms with Crippen LogP contribution in [0.15, 0.2) is 36.5 Å². The highest BCUT2D eigenvalue weighted by Crippen LogP contribution is 2.18. The van der Waals surface area contributed by atoms with E-state index in [-0.39, 0.29) is 12.3 Å². The van der Waals surface area contributed by atoms with Crippen molar-refractivity contribution in [3.05, 3.63) is 53.6 Å². The number of carbonyl (C=O) groups is 2. The Balaban J connectivity index is 1.55. The van der Waals surface area contributed by atoms with E-state index in [1.165, 1.54) is 0 Å². The molecular formula is C17H17N5O3. The van der Waals surface area contributed by atoms with Crippen molar-refractivity contribution < 1.29 is 14.7 Å². The second-order valence-corrected chi connectivity index (χ2v) is 6.05. The van der Waals surface area contributed by atoms with Crippen LogP contribution in [0, 0.1) is 0 Å². The average Bonchev–Trinajstić information content (AvgIpc) is 3.24. The van der Waals surface area contributed by atoms with E-state index in [0.29, 0.717) is 31.7 Å². The standard InChI is InChI=1S/C17H17N5O3/c23-16(24)5-4-12-10-14-11-20(8-9-21(14)19-12)17(25)15-3-1-2-13-6-7-18-22(13)15/h1-3,6-7,10H,4-5,8-9,11H2,(H,23,24). The molecule has 3 aromatic rings. The normalized spacial score (nSPS) is 13.8. The van der Waals surface area contributed by atoms with Gasteiger partial charge >= 0.3 is 5.97 Å². The van der Waals surface area contributed by atoms with Crippen molar-refractivity contribution in [2.24, 2.45) is 0 Å². The van der Waals surface area contributed by atoms with E-state index in [0.717, 1.165) is 16.9 Å². The zero-order chi connectivity index (χ0) is 17.4. The fourth-order valence-electron chi connectivity index (χ4n) is 3.13. The first-order valence-electron chi connectivity index (χ1n) is 8.11. The number of aryl methyl sites for hydroxylation is 1. The fourth-order valence-corrected chi connectivity index (χ4v) is 3.13. The molecule has 4 rings (SSSR count). The summed E-state index contributed by atoms with van der Waals surface area (Å²) in [6.07, 6.45) is 2.13. The molecule has 25 heavy (non-hydrogen) atoms. The molecule has 0 bridgehead atoms. The Kier molecular flexibility index (Phi) is 3.72. The number of aromatic nitrogens is 4. The largest absolute Gasteiger partial charge is 0.481 e. The number of carboxylic acids is 1. The van der Waals surface area contributed by atoms with Crippen LogP contribution in [0.3, 0.4) is 0 Å². The highest BCUT2D eigenvalue weighted by atomic mass is 16.4. The van der Waals surface area contributed by atoms with Crippen molar-refractivity contribution in [3.63, 3.8) is 0 Å². The molecular weight excluding hydrogens is 322 g/mol. The Morgan fingerprint density at radius 2 is 2.08 bits per heavy atom. The molecule has 0 fully saturated rings. The quantitative estimate of drug-likeness (QED) is 0.771. The minimum absolute atomic E-state index is 0.0559. The van der Waals surface area contributed by atoms with E-state index in [4.69, 9.17) is 5.11 Å². The molecule has 0 saturated carbocycles. The minimum Gasteiger partial charge on any atom is -0.481 e. The lowest BCUT2D eigenvalue weighted by Gasteiger charge is -2.27. The Labute approximate surface area is 143 Å². The summed E-state index contributed by atoms with van der Waals surface area (Å²) in [4.78, 5) is 25.4. The first-order chi connectivity index (χ1) is 12.1. The number of fused-ring (bicyclic) bond motifs is 2. The zero-order valence-corrected chi connectivity index (χ0v) is 13.5. The van der Waals surface area contributed by atoms with Gasteiger partial charge in [-0.2, -0.15) is 10.2 Å². The third kappa shape index (κ3) is 2.86. The van der Waals surface area contributed by atoms with Gasteiger partial charge in [-0.3, -0.25) is 14.3 Å². The van der Waals surface area contributed by atoms with Gasteiger partial charge in [-0.15, -0.1) is 0 Å². The van der Waals surface area contributed by atoms with E-state index in [1.807, 2.05) is 28.9 Å². The van der Waals surface area contributed by atoms with Crippen molar-refractivity contribution >= 4 is 17.4 Å². The third-order valence-corrected chi connectivity index (χ3v) is 4.37. The molecule has 128 valence electrons. The molecule has 1 N–H and O–H groups in total. The lowest BCUT2D eigenvalue weighted by Crippen LogP contribution is -2.39. The van der Waals surface area contributed by atoms with Gasteiger partial charge in [0.1, 0.15) is 5.69 Å². The summed E-state index contributed by atoms with van der Waals surface area (Å²) in [6.45, 7) is 1.61. The van der Waals surface area contributed by atoms with Crippen molar-refractivity contribution in [2.45, 2.75) is 25.9 Å². The van der Waals surface area contributed by atoms with Gasteiger partial charge in [-0.25, -0.2) is 4.52 Å². The maximum atomic E-state index is 12.9. The van der Waals surface area contributed by atoms with Crippen molar-refractivity contribution in [1.82, 2.24) is 24.3 Å². The summed E-state index contributed by atoms with van der Waals surface area (Å²) in [5.41, 5.74) is 3.08. The van der Waals surface area contributed by atoms with Gasteiger partial charge in [0.25, 0.3) is 5.91 Å². The number of carboxylic acid groups (broad SMARTS) is 1. The average molecular weight is 339 g/mol. The van der Waals surface area contributed by atoms with Crippen molar-refractivity contribution in [1.29, 1.82) is 0 Å². The number of hydrogen-bond donors (Lipinski definition) is 1. The predicted octanol–water partition coefficient (Wildman–Crippen LogP) is 1.20. The van der Waals surface area contributed by atoms with Crippen LogP contribution in [-0.2, 0) is 24.3 Å². The van der Waals surface area contributed by atoms with Gasteiger partial charge < -0.3 is 10.0 Å². The van der Waals surface area contributed by atoms with Crippen molar-refractivity contribution in [2.75, 3.05) is 6.54 Å². The first-order valence-corrected chi connectivity index (χ1v) is 8.11. The summed E-state index contributed by atoms with van der Waals surface area (Å²) in [7, 11) is 0. The smallest absolute Gasteiger partial charge is 0.303 e. The topological polar surface area (TPSA) is 92.7 Å². The summed E-state index contributed by atoms with van der Waals surface area (Å²) in [5, 5.41) is 17.4. The number of pyridine rings is 1. The highest BCUT2D eigenvalue weighted by Gasteiger charge is 2.25. The number of amides is 1. The van der Waals surface area contributed by atoms with Gasteiger partial charge in [-0.1, -0.05) is 6.07 Å². The maximum Gasteiger partial charge on any atom is 0.303 e. The molecule has 1 aliphatic rings. The van der Waals surface area contributed by atoms with Crippen molar-refractivity contribution in [3.8, 4) is 0 Å². The van der Waals surface area contributed by atoms with E-state index in [1.54, 1.807) is 21.7 Å². The molecule has 0 aliphatic carbocycles. The summed E-state index contributed by atoms with van der Waals surface area (Å²) >= 11 is 0. The molecule has 0 atom stereocenters. The zero-order valence-electron chi connectivity index (χ0n) is 13.5. The molecule has 1 aliphatic heterocycles. The molecule has 8 nitrogen and oxygen atoms in total. The van der Waals surface area contributed by atoms with Gasteiger partial charge in [-0.05, 0) is 24.3 Å². The van der Waals surface area contributed by atoms with Crippen LogP contribution in [0.25, 0.3) is 5.52 Å². The molecule has 0 radical (unpaired) electrons. The molecule has 1 amide bonds. The van der Waals surface area contributed by atoms with Gasteiger partial charge in [0.05, 0.1) is 42.6 Å². The summed E-state index contributed by atoms with van der Waals surface area (Å²) < 4.78 is 3.50. The van der Waals surface area contributed by atoms with E-state index in [9.17, 15) is 9.59 Å². The Morgan fingerprint density at radius 1 is 1.20 bits per heavy atom. The Bertz CT molecular complexity index is 958. The summed E-state index contributed by atoms with van der Waals surface area (Å²) in [6, 6.07) is 9.27. The summed E-state index contributed by atoms with van der Waals surface area (Å²) in [5.74, 6) is -0.913. The Morgan fingerprint density at radius 3 is 2.92 bits per heavy atom. The maximum absolute atomic E-state index is 12.9. The van der Waals surface area contributed by atoms with E-state index in [2.05, 4.69) is 10.2 Å². The molecule has 0 spiro atoms. The highest BCUT2D eigenvalue weighted by molar-refractivity contribution is 5.93. The van der Waals surface area contributed by atoms with Gasteiger partial charge in [0.2, 0.25) is 0 Å². The van der Waals surface area contributed by atoms with Crippen LogP contribution >= 0.6 is 0 Å². The number of aliphatic carboxylic acids is 1. The second-order valence-electron chi connectivity index (χ2n) is 6.05. The molecule has 3 aromatic heterocycles. The van der Waals surface area contributed by atoms with E-state index < -0.39 is 5.97 Å². The fraction of sp³-hybridized carbons (Fsp3) is 0.294. The third-order valence-electron chi connectivity index (χ3n) is 4.37. The second kappa shape index (κ2) is 6.04. The van der Waals surface area contributed by atoms with Crippen LogP contribution in [0.1, 0.15) is 28.3 Å². The van der Waals surface area contributed by atoms with Gasteiger partial charge in [0, 0.05) is 13.0 Å². The minimum atomic E-state index is -0.838. The van der Waals surface area contributed by atoms with Crippen LogP contribution < -0.4 is 0 Å². The molecule has 8 heteroatoms. The molecule has 0 unspecified atom stereocenters. The lowest BCUT2D eigenvalue weighted by molar-refractivity contribution is -0.136. The van der Waals surface area contributed by atoms with Crippen LogP contribution in [0.2, 0.25) is 0 Å². The van der Waals surface area contributed by atoms with Crippen LogP contribution in [0.4, 0.5) is 0 Å².